The summed E-state index contributed by atoms with van der Waals surface area (Å²) in [6.45, 7) is 5.31. The Hall–Kier alpha value is -1.45. The van der Waals surface area contributed by atoms with Crippen molar-refractivity contribution in [2.75, 3.05) is 6.61 Å². The number of aliphatic hydroxyl groups is 1. The molecule has 160 valence electrons. The minimum absolute atomic E-state index is 0.165. The van der Waals surface area contributed by atoms with Gasteiger partial charge in [0.2, 0.25) is 0 Å². The lowest BCUT2D eigenvalue weighted by atomic mass is 9.86. The molecule has 0 aliphatic carbocycles. The van der Waals surface area contributed by atoms with Crippen LogP contribution in [0.25, 0.3) is 0 Å². The summed E-state index contributed by atoms with van der Waals surface area (Å²) >= 11 is 0. The lowest BCUT2D eigenvalue weighted by molar-refractivity contribution is -0.182. The molecule has 1 aromatic carbocycles. The van der Waals surface area contributed by atoms with E-state index in [2.05, 4.69) is 5.09 Å². The summed E-state index contributed by atoms with van der Waals surface area (Å²) in [5.41, 5.74) is 0. The second-order valence-electron chi connectivity index (χ2n) is 7.18. The van der Waals surface area contributed by atoms with Crippen molar-refractivity contribution < 1.29 is 37.4 Å². The molecule has 2 radical (unpaired) electrons. The molecule has 0 aromatic heterocycles. The van der Waals surface area contributed by atoms with Crippen molar-refractivity contribution >= 4 is 21.6 Å². The number of halogens is 1. The van der Waals surface area contributed by atoms with Crippen molar-refractivity contribution in [3.8, 4) is 5.75 Å². The third kappa shape index (κ3) is 6.26. The summed E-state index contributed by atoms with van der Waals surface area (Å²) in [5.74, 6) is -3.91. The Morgan fingerprint density at radius 3 is 2.52 bits per heavy atom. The molecule has 1 fully saturated rings. The van der Waals surface area contributed by atoms with Crippen molar-refractivity contribution in [2.24, 2.45) is 5.92 Å². The highest BCUT2D eigenvalue weighted by molar-refractivity contribution is 7.52. The molecule has 8 nitrogen and oxygen atoms in total. The number of para-hydroxylation sites is 1. The predicted molar refractivity (Wildman–Crippen MR) is 104 cm³/mol. The molecule has 6 atom stereocenters. The van der Waals surface area contributed by atoms with Crippen LogP contribution < -0.4 is 9.61 Å². The molecule has 0 amide bonds. The number of alkyl halides is 1. The monoisotopic (exact) mass is 429 g/mol. The van der Waals surface area contributed by atoms with Crippen LogP contribution in [0.15, 0.2) is 30.3 Å². The molecule has 0 saturated carbocycles. The zero-order valence-electron chi connectivity index (χ0n) is 16.8. The minimum atomic E-state index is -4.28. The third-order valence-electron chi connectivity index (χ3n) is 4.25. The summed E-state index contributed by atoms with van der Waals surface area (Å²) < 4.78 is 48.9. The minimum Gasteiger partial charge on any atom is -0.462 e. The van der Waals surface area contributed by atoms with Gasteiger partial charge in [-0.05, 0) is 32.9 Å². The fraction of sp³-hybridized carbons (Fsp3) is 0.611. The van der Waals surface area contributed by atoms with Crippen molar-refractivity contribution in [1.29, 1.82) is 0 Å². The summed E-state index contributed by atoms with van der Waals surface area (Å²) in [4.78, 5) is 12.1. The van der Waals surface area contributed by atoms with Crippen molar-refractivity contribution in [3.05, 3.63) is 30.3 Å². The highest BCUT2D eigenvalue weighted by Gasteiger charge is 2.53. The van der Waals surface area contributed by atoms with E-state index >= 15 is 0 Å². The van der Waals surface area contributed by atoms with Gasteiger partial charge in [0, 0.05) is 11.9 Å². The maximum Gasteiger partial charge on any atom is 0.459 e. The fourth-order valence-corrected chi connectivity index (χ4v) is 4.11. The summed E-state index contributed by atoms with van der Waals surface area (Å²) in [6.07, 6.45) is -1.98. The lowest BCUT2D eigenvalue weighted by Gasteiger charge is -2.28. The van der Waals surface area contributed by atoms with Gasteiger partial charge in [0.15, 0.2) is 0 Å². The van der Waals surface area contributed by atoms with Crippen LogP contribution in [-0.2, 0) is 23.4 Å². The van der Waals surface area contributed by atoms with Gasteiger partial charge in [0.1, 0.15) is 32.3 Å². The van der Waals surface area contributed by atoms with E-state index in [4.69, 9.17) is 26.4 Å². The molecule has 2 rings (SSSR count). The van der Waals surface area contributed by atoms with Crippen molar-refractivity contribution in [2.45, 2.75) is 57.8 Å². The van der Waals surface area contributed by atoms with Gasteiger partial charge in [-0.1, -0.05) is 25.1 Å². The molecule has 1 aromatic rings. The number of carbonyl (C=O) groups excluding carboxylic acids is 1. The quantitative estimate of drug-likeness (QED) is 0.350. The Balaban J connectivity index is 2.16. The molecule has 1 aliphatic heterocycles. The lowest BCUT2D eigenvalue weighted by Crippen LogP contribution is -2.42. The largest absolute Gasteiger partial charge is 0.462 e. The topological polar surface area (TPSA) is 103 Å². The number of aliphatic hydroxyl groups excluding tert-OH is 1. The molecule has 1 heterocycles. The SMILES string of the molecule is [B][C@@H]1O[C@](F)(COP(=O)(N[C@@H](C)C(=O)OC(C)C)Oc2ccccc2)[C@@H](O)C1C. The zero-order chi connectivity index (χ0) is 21.8. The van der Waals surface area contributed by atoms with Crippen LogP contribution in [0.5, 0.6) is 5.75 Å². The maximum absolute atomic E-state index is 15.0. The van der Waals surface area contributed by atoms with E-state index in [1.54, 1.807) is 32.0 Å². The van der Waals surface area contributed by atoms with E-state index < -0.39 is 50.2 Å². The van der Waals surface area contributed by atoms with Crippen LogP contribution in [0.4, 0.5) is 4.39 Å². The second kappa shape index (κ2) is 9.58. The molecular weight excluding hydrogens is 403 g/mol. The molecule has 1 saturated heterocycles. The smallest absolute Gasteiger partial charge is 0.459 e. The Kier molecular flexibility index (Phi) is 7.87. The van der Waals surface area contributed by atoms with Gasteiger partial charge in [0.25, 0.3) is 5.85 Å². The maximum atomic E-state index is 15.0. The first-order chi connectivity index (χ1) is 13.5. The van der Waals surface area contributed by atoms with Crippen LogP contribution in [0.2, 0.25) is 0 Å². The van der Waals surface area contributed by atoms with Crippen molar-refractivity contribution in [1.82, 2.24) is 5.09 Å². The van der Waals surface area contributed by atoms with Gasteiger partial charge in [0.05, 0.1) is 6.10 Å². The third-order valence-corrected chi connectivity index (χ3v) is 5.87. The van der Waals surface area contributed by atoms with Gasteiger partial charge < -0.3 is 19.1 Å². The normalized spacial score (nSPS) is 30.0. The van der Waals surface area contributed by atoms with Crippen LogP contribution in [0.1, 0.15) is 27.7 Å². The van der Waals surface area contributed by atoms with Gasteiger partial charge in [-0.15, -0.1) is 0 Å². The molecule has 2 N–H and O–H groups in total. The standard InChI is InChI=1S/C18H26BFNO7P/c1-11(2)26-17(23)13(4)21-29(24,28-14-8-6-5-7-9-14)25-10-18(20)15(22)12(3)16(19)27-18/h5-9,11-13,15-16,22H,10H2,1-4H3,(H,21,24)/t12?,13-,15-,16+,18+,29?/m0/s1. The first-order valence-corrected chi connectivity index (χ1v) is 10.8. The molecule has 29 heavy (non-hydrogen) atoms. The van der Waals surface area contributed by atoms with E-state index in [-0.39, 0.29) is 11.9 Å². The van der Waals surface area contributed by atoms with E-state index in [0.29, 0.717) is 0 Å². The fourth-order valence-electron chi connectivity index (χ4n) is 2.60. The Morgan fingerprint density at radius 1 is 1.38 bits per heavy atom. The molecule has 1 aliphatic rings. The molecule has 0 spiro atoms. The van der Waals surface area contributed by atoms with Crippen molar-refractivity contribution in [3.63, 3.8) is 0 Å². The first-order valence-electron chi connectivity index (χ1n) is 9.23. The van der Waals surface area contributed by atoms with Crippen LogP contribution in [0, 0.1) is 5.92 Å². The summed E-state index contributed by atoms with van der Waals surface area (Å²) in [5, 5.41) is 12.5. The number of ether oxygens (including phenoxy) is 2. The van der Waals surface area contributed by atoms with E-state index in [9.17, 15) is 18.9 Å². The Morgan fingerprint density at radius 2 is 2.00 bits per heavy atom. The number of nitrogens with one attached hydrogen (secondary N) is 1. The predicted octanol–water partition coefficient (Wildman–Crippen LogP) is 2.31. The Bertz CT molecular complexity index is 740. The molecule has 0 bridgehead atoms. The van der Waals surface area contributed by atoms with E-state index in [0.717, 1.165) is 0 Å². The highest BCUT2D eigenvalue weighted by Crippen LogP contribution is 2.47. The van der Waals surface area contributed by atoms with Crippen LogP contribution in [-0.4, -0.2) is 55.6 Å². The average Bonchev–Trinajstić information content (AvgIpc) is 2.84. The van der Waals surface area contributed by atoms with Gasteiger partial charge in [-0.3, -0.25) is 9.32 Å². The number of carbonyl (C=O) groups is 1. The number of benzene rings is 1. The molecular formula is C18H26BFNO7P. The van der Waals surface area contributed by atoms with Gasteiger partial charge in [-0.2, -0.15) is 5.09 Å². The summed E-state index contributed by atoms with van der Waals surface area (Å²) in [7, 11) is 1.34. The average molecular weight is 429 g/mol. The van der Waals surface area contributed by atoms with Crippen LogP contribution >= 0.6 is 7.75 Å². The summed E-state index contributed by atoms with van der Waals surface area (Å²) in [6, 6.07) is 5.88. The number of hydrogen-bond acceptors (Lipinski definition) is 7. The number of hydrogen-bond donors (Lipinski definition) is 2. The first kappa shape index (κ1) is 23.8. The van der Waals surface area contributed by atoms with Crippen LogP contribution in [0.3, 0.4) is 0 Å². The van der Waals surface area contributed by atoms with Gasteiger partial charge in [-0.25, -0.2) is 8.96 Å². The Labute approximate surface area is 171 Å². The zero-order valence-corrected chi connectivity index (χ0v) is 17.7. The number of esters is 1. The van der Waals surface area contributed by atoms with Gasteiger partial charge >= 0.3 is 13.7 Å². The highest BCUT2D eigenvalue weighted by atomic mass is 31.2. The van der Waals surface area contributed by atoms with E-state index in [1.165, 1.54) is 26.0 Å². The second-order valence-corrected chi connectivity index (χ2v) is 8.88. The van der Waals surface area contributed by atoms with E-state index in [1.807, 2.05) is 0 Å². The number of rotatable bonds is 9. The molecule has 2 unspecified atom stereocenters. The molecule has 11 heteroatoms.